The minimum absolute atomic E-state index is 0.870. The first kappa shape index (κ1) is 9.94. The second-order valence-corrected chi connectivity index (χ2v) is 5.18. The molecule has 74 valence electrons. The van der Waals surface area contributed by atoms with Gasteiger partial charge in [0.1, 0.15) is 4.83 Å². The topological polar surface area (TPSA) is 12.9 Å². The Hall–Kier alpha value is -0.600. The van der Waals surface area contributed by atoms with Crippen LogP contribution >= 0.6 is 22.9 Å². The number of pyridine rings is 1. The summed E-state index contributed by atoms with van der Waals surface area (Å²) in [6.45, 7) is 8.25. The molecule has 14 heavy (non-hydrogen) atoms. The van der Waals surface area contributed by atoms with E-state index in [-0.39, 0.29) is 0 Å². The highest BCUT2D eigenvalue weighted by Gasteiger charge is 2.13. The molecule has 0 radical (unpaired) electrons. The smallest absolute Gasteiger partial charge is 0.125 e. The first-order valence-corrected chi connectivity index (χ1v) is 5.74. The molecular weight excluding hydrogens is 214 g/mol. The van der Waals surface area contributed by atoms with E-state index in [1.54, 1.807) is 11.3 Å². The van der Waals surface area contributed by atoms with Gasteiger partial charge in [0.05, 0.1) is 5.02 Å². The fourth-order valence-electron chi connectivity index (χ4n) is 1.53. The van der Waals surface area contributed by atoms with E-state index >= 15 is 0 Å². The Morgan fingerprint density at radius 3 is 2.36 bits per heavy atom. The van der Waals surface area contributed by atoms with Crippen molar-refractivity contribution >= 4 is 33.2 Å². The van der Waals surface area contributed by atoms with Gasteiger partial charge in [0.25, 0.3) is 0 Å². The third-order valence-electron chi connectivity index (χ3n) is 2.73. The van der Waals surface area contributed by atoms with Crippen molar-refractivity contribution in [3.8, 4) is 0 Å². The molecule has 0 unspecified atom stereocenters. The van der Waals surface area contributed by atoms with Gasteiger partial charge in [-0.25, -0.2) is 4.98 Å². The standard InChI is InChI=1S/C11H12ClNS/c1-5-7(3)13-11-9(10(5)12)6(2)8(4)14-11/h1-4H3. The van der Waals surface area contributed by atoms with Gasteiger partial charge in [-0.05, 0) is 38.8 Å². The van der Waals surface area contributed by atoms with Gasteiger partial charge in [-0.15, -0.1) is 11.3 Å². The molecule has 0 saturated heterocycles. The molecule has 0 spiro atoms. The molecule has 0 amide bonds. The van der Waals surface area contributed by atoms with Crippen molar-refractivity contribution in [2.24, 2.45) is 0 Å². The first-order chi connectivity index (χ1) is 6.52. The van der Waals surface area contributed by atoms with Crippen molar-refractivity contribution in [2.75, 3.05) is 0 Å². The van der Waals surface area contributed by atoms with E-state index in [9.17, 15) is 0 Å². The SMILES string of the molecule is Cc1nc2sc(C)c(C)c2c(Cl)c1C. The van der Waals surface area contributed by atoms with Crippen molar-refractivity contribution in [2.45, 2.75) is 27.7 Å². The lowest BCUT2D eigenvalue weighted by atomic mass is 10.1. The third kappa shape index (κ3) is 1.25. The minimum atomic E-state index is 0.870. The van der Waals surface area contributed by atoms with Gasteiger partial charge in [-0.2, -0.15) is 0 Å². The summed E-state index contributed by atoms with van der Waals surface area (Å²) in [5, 5.41) is 2.01. The summed E-state index contributed by atoms with van der Waals surface area (Å²) in [6, 6.07) is 0. The largest absolute Gasteiger partial charge is 0.242 e. The van der Waals surface area contributed by atoms with Gasteiger partial charge in [0, 0.05) is 16.0 Å². The number of hydrogen-bond donors (Lipinski definition) is 0. The van der Waals surface area contributed by atoms with Crippen LogP contribution in [0.3, 0.4) is 0 Å². The maximum atomic E-state index is 6.32. The number of nitrogens with zero attached hydrogens (tertiary/aromatic N) is 1. The Balaban J connectivity index is 2.99. The summed E-state index contributed by atoms with van der Waals surface area (Å²) >= 11 is 8.04. The van der Waals surface area contributed by atoms with Gasteiger partial charge >= 0.3 is 0 Å². The Labute approximate surface area is 92.7 Å². The molecule has 0 bridgehead atoms. The van der Waals surface area contributed by atoms with Crippen LogP contribution in [0.5, 0.6) is 0 Å². The summed E-state index contributed by atoms with van der Waals surface area (Å²) in [4.78, 5) is 6.92. The quantitative estimate of drug-likeness (QED) is 0.656. The lowest BCUT2D eigenvalue weighted by Gasteiger charge is -2.03. The highest BCUT2D eigenvalue weighted by atomic mass is 35.5. The predicted octanol–water partition coefficient (Wildman–Crippen LogP) is 4.18. The van der Waals surface area contributed by atoms with Gasteiger partial charge in [0.15, 0.2) is 0 Å². The van der Waals surface area contributed by atoms with Crippen molar-refractivity contribution in [1.29, 1.82) is 0 Å². The van der Waals surface area contributed by atoms with E-state index in [1.807, 2.05) is 13.8 Å². The molecule has 0 atom stereocenters. The average Bonchev–Trinajstić information content (AvgIpc) is 2.39. The van der Waals surface area contributed by atoms with E-state index in [0.29, 0.717) is 0 Å². The number of halogens is 1. The molecule has 0 fully saturated rings. The Kier molecular flexibility index (Phi) is 2.28. The molecule has 2 heterocycles. The fourth-order valence-corrected chi connectivity index (χ4v) is 3.04. The maximum Gasteiger partial charge on any atom is 0.125 e. The molecule has 0 aliphatic heterocycles. The highest BCUT2D eigenvalue weighted by Crippen LogP contribution is 2.36. The van der Waals surface area contributed by atoms with E-state index < -0.39 is 0 Å². The first-order valence-electron chi connectivity index (χ1n) is 4.54. The zero-order valence-corrected chi connectivity index (χ0v) is 10.3. The number of aromatic nitrogens is 1. The zero-order valence-electron chi connectivity index (χ0n) is 8.73. The monoisotopic (exact) mass is 225 g/mol. The van der Waals surface area contributed by atoms with Crippen molar-refractivity contribution in [3.63, 3.8) is 0 Å². The average molecular weight is 226 g/mol. The molecule has 2 aromatic heterocycles. The van der Waals surface area contributed by atoms with Gasteiger partial charge in [-0.1, -0.05) is 11.6 Å². The van der Waals surface area contributed by atoms with Crippen LogP contribution < -0.4 is 0 Å². The number of aryl methyl sites for hydroxylation is 3. The summed E-state index contributed by atoms with van der Waals surface area (Å²) < 4.78 is 0. The summed E-state index contributed by atoms with van der Waals surface area (Å²) in [6.07, 6.45) is 0. The van der Waals surface area contributed by atoms with E-state index in [4.69, 9.17) is 11.6 Å². The van der Waals surface area contributed by atoms with Crippen molar-refractivity contribution in [1.82, 2.24) is 4.98 Å². The Bertz CT molecular complexity index is 514. The molecule has 0 N–H and O–H groups in total. The van der Waals surface area contributed by atoms with Crippen LogP contribution in [0.1, 0.15) is 21.7 Å². The van der Waals surface area contributed by atoms with Crippen LogP contribution in [-0.4, -0.2) is 4.98 Å². The highest BCUT2D eigenvalue weighted by molar-refractivity contribution is 7.18. The second-order valence-electron chi connectivity index (χ2n) is 3.60. The van der Waals surface area contributed by atoms with Crippen molar-refractivity contribution in [3.05, 3.63) is 26.7 Å². The minimum Gasteiger partial charge on any atom is -0.242 e. The second kappa shape index (κ2) is 3.21. The number of thiophene rings is 1. The summed E-state index contributed by atoms with van der Waals surface area (Å²) in [5.74, 6) is 0. The zero-order chi connectivity index (χ0) is 10.5. The molecule has 0 aliphatic rings. The summed E-state index contributed by atoms with van der Waals surface area (Å²) in [5.41, 5.74) is 3.40. The lowest BCUT2D eigenvalue weighted by molar-refractivity contribution is 1.20. The van der Waals surface area contributed by atoms with Crippen LogP contribution in [0.2, 0.25) is 5.02 Å². The van der Waals surface area contributed by atoms with Crippen molar-refractivity contribution < 1.29 is 0 Å². The number of fused-ring (bicyclic) bond motifs is 1. The molecule has 0 aromatic carbocycles. The molecule has 1 nitrogen and oxygen atoms in total. The molecule has 2 rings (SSSR count). The third-order valence-corrected chi connectivity index (χ3v) is 4.30. The van der Waals surface area contributed by atoms with Gasteiger partial charge in [-0.3, -0.25) is 0 Å². The number of rotatable bonds is 0. The lowest BCUT2D eigenvalue weighted by Crippen LogP contribution is -1.88. The summed E-state index contributed by atoms with van der Waals surface area (Å²) in [7, 11) is 0. The Morgan fingerprint density at radius 1 is 1.07 bits per heavy atom. The van der Waals surface area contributed by atoms with Gasteiger partial charge < -0.3 is 0 Å². The molecule has 0 saturated carbocycles. The molecule has 0 aliphatic carbocycles. The van der Waals surface area contributed by atoms with Crippen LogP contribution in [0.4, 0.5) is 0 Å². The maximum absolute atomic E-state index is 6.32. The fraction of sp³-hybridized carbons (Fsp3) is 0.364. The van der Waals surface area contributed by atoms with Crippen LogP contribution in [0, 0.1) is 27.7 Å². The van der Waals surface area contributed by atoms with E-state index in [0.717, 1.165) is 26.5 Å². The number of hydrogen-bond acceptors (Lipinski definition) is 2. The van der Waals surface area contributed by atoms with E-state index in [2.05, 4.69) is 18.8 Å². The van der Waals surface area contributed by atoms with E-state index in [1.165, 1.54) is 10.4 Å². The molecular formula is C11H12ClNS. The Morgan fingerprint density at radius 2 is 1.71 bits per heavy atom. The molecule has 2 aromatic rings. The molecule has 3 heteroatoms. The normalized spacial score (nSPS) is 11.2. The predicted molar refractivity (Wildman–Crippen MR) is 63.6 cm³/mol. The van der Waals surface area contributed by atoms with Crippen LogP contribution in [0.25, 0.3) is 10.2 Å². The van der Waals surface area contributed by atoms with Crippen LogP contribution in [-0.2, 0) is 0 Å². The van der Waals surface area contributed by atoms with Gasteiger partial charge in [0.2, 0.25) is 0 Å². The van der Waals surface area contributed by atoms with Crippen LogP contribution in [0.15, 0.2) is 0 Å².